The second-order valence-electron chi connectivity index (χ2n) is 7.99. The molecule has 0 radical (unpaired) electrons. The van der Waals surface area contributed by atoms with Crippen molar-refractivity contribution >= 4 is 23.4 Å². The summed E-state index contributed by atoms with van der Waals surface area (Å²) < 4.78 is 13.8. The van der Waals surface area contributed by atoms with Crippen LogP contribution in [0.3, 0.4) is 0 Å². The SMILES string of the molecule is O=C(CN1C(=O)C2CCCN2C(=O)c2cc(F)ccc21)NCCCN1CCCC1. The molecule has 7 nitrogen and oxygen atoms in total. The molecule has 0 bridgehead atoms. The lowest BCUT2D eigenvalue weighted by Gasteiger charge is -2.25. The van der Waals surface area contributed by atoms with Gasteiger partial charge in [0.15, 0.2) is 0 Å². The summed E-state index contributed by atoms with van der Waals surface area (Å²) in [5, 5.41) is 2.88. The van der Waals surface area contributed by atoms with E-state index in [0.29, 0.717) is 25.2 Å². The average molecular weight is 402 g/mol. The normalized spacial score (nSPS) is 21.9. The van der Waals surface area contributed by atoms with Crippen LogP contribution in [0.25, 0.3) is 0 Å². The third kappa shape index (κ3) is 4.12. The van der Waals surface area contributed by atoms with Crippen molar-refractivity contribution in [2.45, 2.75) is 38.1 Å². The molecule has 156 valence electrons. The van der Waals surface area contributed by atoms with E-state index < -0.39 is 11.9 Å². The summed E-state index contributed by atoms with van der Waals surface area (Å²) in [4.78, 5) is 43.7. The predicted molar refractivity (Wildman–Crippen MR) is 106 cm³/mol. The predicted octanol–water partition coefficient (Wildman–Crippen LogP) is 1.38. The molecule has 0 aromatic heterocycles. The topological polar surface area (TPSA) is 73.0 Å². The number of amides is 3. The number of fused-ring (bicyclic) bond motifs is 2. The molecule has 1 atom stereocenters. The van der Waals surface area contributed by atoms with Crippen LogP contribution in [-0.2, 0) is 9.59 Å². The highest BCUT2D eigenvalue weighted by atomic mass is 19.1. The Morgan fingerprint density at radius 1 is 1.14 bits per heavy atom. The molecule has 2 saturated heterocycles. The monoisotopic (exact) mass is 402 g/mol. The summed E-state index contributed by atoms with van der Waals surface area (Å²) in [6, 6.07) is 3.22. The maximum absolute atomic E-state index is 13.8. The van der Waals surface area contributed by atoms with Crippen LogP contribution in [0.2, 0.25) is 0 Å². The molecule has 3 aliphatic heterocycles. The maximum atomic E-state index is 13.8. The largest absolute Gasteiger partial charge is 0.355 e. The Bertz CT molecular complexity index is 809. The number of carbonyl (C=O) groups excluding carboxylic acids is 3. The van der Waals surface area contributed by atoms with Crippen LogP contribution in [0.15, 0.2) is 18.2 Å². The Hall–Kier alpha value is -2.48. The number of hydrogen-bond acceptors (Lipinski definition) is 4. The molecule has 2 fully saturated rings. The zero-order valence-corrected chi connectivity index (χ0v) is 16.5. The molecule has 0 spiro atoms. The van der Waals surface area contributed by atoms with Gasteiger partial charge >= 0.3 is 0 Å². The fourth-order valence-corrected chi connectivity index (χ4v) is 4.53. The van der Waals surface area contributed by atoms with Gasteiger partial charge in [-0.05, 0) is 69.9 Å². The van der Waals surface area contributed by atoms with Crippen molar-refractivity contribution in [3.05, 3.63) is 29.6 Å². The highest BCUT2D eigenvalue weighted by Crippen LogP contribution is 2.32. The summed E-state index contributed by atoms with van der Waals surface area (Å²) >= 11 is 0. The zero-order chi connectivity index (χ0) is 20.4. The van der Waals surface area contributed by atoms with E-state index in [1.54, 1.807) is 0 Å². The molecule has 4 rings (SSSR count). The molecule has 1 unspecified atom stereocenters. The summed E-state index contributed by atoms with van der Waals surface area (Å²) in [6.07, 6.45) is 4.62. The van der Waals surface area contributed by atoms with E-state index in [1.165, 1.54) is 34.8 Å². The van der Waals surface area contributed by atoms with Gasteiger partial charge in [-0.25, -0.2) is 4.39 Å². The minimum Gasteiger partial charge on any atom is -0.355 e. The van der Waals surface area contributed by atoms with Gasteiger partial charge in [-0.3, -0.25) is 14.4 Å². The number of halogens is 1. The number of benzene rings is 1. The number of anilines is 1. The molecule has 3 amide bonds. The van der Waals surface area contributed by atoms with Gasteiger partial charge in [0.05, 0.1) is 11.3 Å². The van der Waals surface area contributed by atoms with Gasteiger partial charge in [-0.15, -0.1) is 0 Å². The fourth-order valence-electron chi connectivity index (χ4n) is 4.53. The Labute approximate surface area is 169 Å². The first-order valence-corrected chi connectivity index (χ1v) is 10.5. The van der Waals surface area contributed by atoms with Crippen LogP contribution in [0.1, 0.15) is 42.5 Å². The second kappa shape index (κ2) is 8.49. The maximum Gasteiger partial charge on any atom is 0.256 e. The van der Waals surface area contributed by atoms with Crippen molar-refractivity contribution < 1.29 is 18.8 Å². The number of hydrogen-bond donors (Lipinski definition) is 1. The number of carbonyl (C=O) groups is 3. The number of nitrogens with zero attached hydrogens (tertiary/aromatic N) is 3. The van der Waals surface area contributed by atoms with Crippen LogP contribution >= 0.6 is 0 Å². The van der Waals surface area contributed by atoms with Crippen LogP contribution in [0.4, 0.5) is 10.1 Å². The third-order valence-corrected chi connectivity index (χ3v) is 6.02. The number of likely N-dealkylation sites (tertiary alicyclic amines) is 1. The van der Waals surface area contributed by atoms with Crippen molar-refractivity contribution in [3.63, 3.8) is 0 Å². The summed E-state index contributed by atoms with van der Waals surface area (Å²) in [5.74, 6) is -1.42. The van der Waals surface area contributed by atoms with E-state index in [9.17, 15) is 18.8 Å². The van der Waals surface area contributed by atoms with Gasteiger partial charge in [0.2, 0.25) is 11.8 Å². The molecule has 0 saturated carbocycles. The Morgan fingerprint density at radius 3 is 2.72 bits per heavy atom. The Morgan fingerprint density at radius 2 is 1.93 bits per heavy atom. The lowest BCUT2D eigenvalue weighted by Crippen LogP contribution is -2.48. The number of rotatable bonds is 6. The van der Waals surface area contributed by atoms with Crippen LogP contribution in [0.5, 0.6) is 0 Å². The van der Waals surface area contributed by atoms with Crippen LogP contribution in [-0.4, -0.2) is 72.8 Å². The molecular formula is C21H27FN4O3. The minimum absolute atomic E-state index is 0.143. The van der Waals surface area contributed by atoms with Gasteiger partial charge in [-0.1, -0.05) is 0 Å². The summed E-state index contributed by atoms with van der Waals surface area (Å²) in [7, 11) is 0. The average Bonchev–Trinajstić information content (AvgIpc) is 3.39. The molecule has 1 aromatic carbocycles. The molecule has 3 aliphatic rings. The fraction of sp³-hybridized carbons (Fsp3) is 0.571. The van der Waals surface area contributed by atoms with E-state index >= 15 is 0 Å². The Balaban J connectivity index is 1.44. The third-order valence-electron chi connectivity index (χ3n) is 6.02. The molecule has 1 aromatic rings. The van der Waals surface area contributed by atoms with Crippen LogP contribution < -0.4 is 10.2 Å². The lowest BCUT2D eigenvalue weighted by molar-refractivity contribution is -0.125. The van der Waals surface area contributed by atoms with Gasteiger partial charge in [0, 0.05) is 13.1 Å². The van der Waals surface area contributed by atoms with Crippen molar-refractivity contribution in [3.8, 4) is 0 Å². The van der Waals surface area contributed by atoms with Crippen molar-refractivity contribution in [2.75, 3.05) is 44.2 Å². The summed E-state index contributed by atoms with van der Waals surface area (Å²) in [6.45, 7) is 4.05. The highest BCUT2D eigenvalue weighted by Gasteiger charge is 2.42. The molecule has 1 N–H and O–H groups in total. The Kier molecular flexibility index (Phi) is 5.80. The van der Waals surface area contributed by atoms with E-state index in [1.807, 2.05) is 0 Å². The highest BCUT2D eigenvalue weighted by molar-refractivity contribution is 6.12. The number of nitrogens with one attached hydrogen (secondary N) is 1. The summed E-state index contributed by atoms with van der Waals surface area (Å²) in [5.41, 5.74) is 0.451. The standard InChI is InChI=1S/C21H27FN4O3/c22-15-6-7-17-16(13-15)20(28)25-12-3-5-18(25)21(29)26(17)14-19(27)23-8-4-11-24-9-1-2-10-24/h6-7,13,18H,1-5,8-12,14H2,(H,23,27). The van der Waals surface area contributed by atoms with E-state index in [4.69, 9.17) is 0 Å². The van der Waals surface area contributed by atoms with Gasteiger partial charge in [0.25, 0.3) is 5.91 Å². The van der Waals surface area contributed by atoms with Crippen molar-refractivity contribution in [1.29, 1.82) is 0 Å². The molecule has 3 heterocycles. The first-order valence-electron chi connectivity index (χ1n) is 10.5. The molecule has 8 heteroatoms. The zero-order valence-electron chi connectivity index (χ0n) is 16.5. The van der Waals surface area contributed by atoms with E-state index in [2.05, 4.69) is 10.2 Å². The smallest absolute Gasteiger partial charge is 0.256 e. The van der Waals surface area contributed by atoms with Gasteiger partial charge < -0.3 is 20.0 Å². The van der Waals surface area contributed by atoms with Gasteiger partial charge in [-0.2, -0.15) is 0 Å². The van der Waals surface area contributed by atoms with Crippen molar-refractivity contribution in [2.24, 2.45) is 0 Å². The van der Waals surface area contributed by atoms with E-state index in [0.717, 1.165) is 38.5 Å². The van der Waals surface area contributed by atoms with Crippen LogP contribution in [0, 0.1) is 5.82 Å². The molecule has 29 heavy (non-hydrogen) atoms. The van der Waals surface area contributed by atoms with Gasteiger partial charge in [0.1, 0.15) is 18.4 Å². The second-order valence-corrected chi connectivity index (χ2v) is 7.99. The van der Waals surface area contributed by atoms with E-state index in [-0.39, 0.29) is 29.8 Å². The van der Waals surface area contributed by atoms with Crippen molar-refractivity contribution in [1.82, 2.24) is 15.1 Å². The minimum atomic E-state index is -0.582. The molecule has 0 aliphatic carbocycles. The lowest BCUT2D eigenvalue weighted by atomic mass is 10.1. The quantitative estimate of drug-likeness (QED) is 0.730. The molecular weight excluding hydrogens is 375 g/mol. The first-order chi connectivity index (χ1) is 14.0. The first kappa shape index (κ1) is 19.8.